The van der Waals surface area contributed by atoms with E-state index in [-0.39, 0.29) is 0 Å². The van der Waals surface area contributed by atoms with Crippen LogP contribution >= 0.6 is 15.9 Å². The summed E-state index contributed by atoms with van der Waals surface area (Å²) in [4.78, 5) is 8.73. The molecule has 0 aliphatic heterocycles. The molecule has 0 unspecified atom stereocenters. The quantitative estimate of drug-likeness (QED) is 0.419. The Hall–Kier alpha value is -1.28. The van der Waals surface area contributed by atoms with Gasteiger partial charge in [0, 0.05) is 17.5 Å². The number of hydrogen-bond acceptors (Lipinski definition) is 3. The Morgan fingerprint density at radius 2 is 2.10 bits per heavy atom. The van der Waals surface area contributed by atoms with Crippen LogP contribution in [-0.4, -0.2) is 18.0 Å². The molecule has 100 valence electrons. The maximum atomic E-state index is 4.56. The Morgan fingerprint density at radius 3 is 2.85 bits per heavy atom. The Labute approximate surface area is 138 Å². The first-order valence-corrected chi connectivity index (χ1v) is 7.80. The molecular weight excluding hydrogens is 431 g/mol. The van der Waals surface area contributed by atoms with Crippen LogP contribution in [-0.2, 0) is 0 Å². The van der Waals surface area contributed by atoms with Crippen molar-refractivity contribution in [2.24, 2.45) is 0 Å². The molecule has 0 spiro atoms. The number of pyridine rings is 2. The van der Waals surface area contributed by atoms with Gasteiger partial charge in [-0.15, -0.1) is 5.10 Å². The van der Waals surface area contributed by atoms with E-state index < -0.39 is 0 Å². The fraction of sp³-hybridized carbons (Fsp3) is 0.0714. The van der Waals surface area contributed by atoms with Crippen molar-refractivity contribution < 1.29 is 22.9 Å². The van der Waals surface area contributed by atoms with Crippen molar-refractivity contribution in [2.45, 2.75) is 6.92 Å². The minimum Gasteiger partial charge on any atom is -0.251 e. The number of rotatable bonds is 2. The molecule has 0 fully saturated rings. The third-order valence-corrected chi connectivity index (χ3v) is 3.83. The summed E-state index contributed by atoms with van der Waals surface area (Å²) >= 11 is 5.24. The summed E-state index contributed by atoms with van der Waals surface area (Å²) in [6.45, 7) is 1.98. The van der Waals surface area contributed by atoms with Gasteiger partial charge in [0.2, 0.25) is 0 Å². The van der Waals surface area contributed by atoms with Gasteiger partial charge in [-0.2, -0.15) is 0 Å². The Balaban J connectivity index is 2.18. The monoisotopic (exact) mass is 441 g/mol. The summed E-state index contributed by atoms with van der Waals surface area (Å²) in [5.74, 6) is 0. The van der Waals surface area contributed by atoms with E-state index in [1.54, 1.807) is 6.20 Å². The van der Waals surface area contributed by atoms with Gasteiger partial charge >= 0.3 is 22.9 Å². The fourth-order valence-corrected chi connectivity index (χ4v) is 2.90. The minimum absolute atomic E-state index is 0.808. The molecule has 3 heterocycles. The highest BCUT2D eigenvalue weighted by Crippen LogP contribution is 2.30. The predicted octanol–water partition coefficient (Wildman–Crippen LogP) is 0.127. The topological polar surface area (TPSA) is 43.6 Å². The van der Waals surface area contributed by atoms with Gasteiger partial charge in [0.1, 0.15) is 10.3 Å². The smallest absolute Gasteiger partial charge is 0.251 e. The third-order valence-electron chi connectivity index (χ3n) is 2.86. The first-order valence-electron chi connectivity index (χ1n) is 5.96. The predicted molar refractivity (Wildman–Crippen MR) is 77.9 cm³/mol. The van der Waals surface area contributed by atoms with Crippen LogP contribution in [0.15, 0.2) is 47.3 Å². The molecule has 3 rings (SSSR count). The summed E-state index contributed by atoms with van der Waals surface area (Å²) < 4.78 is 2.63. The number of aromatic nitrogens is 4. The third kappa shape index (κ3) is 2.76. The van der Waals surface area contributed by atoms with Crippen LogP contribution in [0.25, 0.3) is 22.5 Å². The highest BCUT2D eigenvalue weighted by atomic mass is 127. The number of nitrogens with zero attached hydrogens (tertiary/aromatic N) is 4. The molecule has 0 atom stereocenters. The van der Waals surface area contributed by atoms with Gasteiger partial charge in [-0.1, -0.05) is 8.96 Å². The summed E-state index contributed by atoms with van der Waals surface area (Å²) in [7, 11) is 0. The molecule has 0 aliphatic rings. The standard InChI is InChI=1S/C14H11BrIN4/c1-9-3-2-4-12(18-9)14-11(8-20(16)19-14)10-5-6-17-13(15)7-10/h2-8,16H,1H3/q+1. The lowest BCUT2D eigenvalue weighted by Crippen LogP contribution is -3.38. The van der Waals surface area contributed by atoms with Crippen LogP contribution < -0.4 is 22.9 Å². The lowest BCUT2D eigenvalue weighted by atomic mass is 10.1. The SMILES string of the molecule is Cc1cccc(-c2nn([IH+])cc2-c2ccnc(Br)c2)n1. The van der Waals surface area contributed by atoms with Gasteiger partial charge in [0.05, 0.1) is 11.9 Å². The van der Waals surface area contributed by atoms with E-state index in [0.29, 0.717) is 0 Å². The van der Waals surface area contributed by atoms with Crippen LogP contribution in [0.4, 0.5) is 0 Å². The summed E-state index contributed by atoms with van der Waals surface area (Å²) in [6.07, 6.45) is 3.78. The first kappa shape index (κ1) is 13.7. The largest absolute Gasteiger partial charge is 0.427 e. The van der Waals surface area contributed by atoms with Crippen LogP contribution in [0.2, 0.25) is 0 Å². The summed E-state index contributed by atoms with van der Waals surface area (Å²) in [6, 6.07) is 9.92. The first-order chi connectivity index (χ1) is 9.63. The second-order valence-electron chi connectivity index (χ2n) is 4.33. The Kier molecular flexibility index (Phi) is 3.84. The van der Waals surface area contributed by atoms with Crippen molar-refractivity contribution in [1.82, 2.24) is 18.0 Å². The molecule has 0 bridgehead atoms. The maximum Gasteiger partial charge on any atom is 0.427 e. The molecular formula is C14H11BrIN4+. The molecule has 3 aromatic heterocycles. The highest BCUT2D eigenvalue weighted by molar-refractivity contribution is 9.10. The van der Waals surface area contributed by atoms with E-state index in [2.05, 4.69) is 31.0 Å². The zero-order valence-electron chi connectivity index (χ0n) is 10.6. The van der Waals surface area contributed by atoms with E-state index in [9.17, 15) is 0 Å². The van der Waals surface area contributed by atoms with E-state index in [1.165, 1.54) is 0 Å². The molecule has 0 saturated heterocycles. The fourth-order valence-electron chi connectivity index (χ4n) is 2.00. The second kappa shape index (κ2) is 5.61. The van der Waals surface area contributed by atoms with Gasteiger partial charge in [-0.3, -0.25) is 4.98 Å². The molecule has 6 heteroatoms. The van der Waals surface area contributed by atoms with Crippen molar-refractivity contribution in [3.8, 4) is 22.5 Å². The second-order valence-corrected chi connectivity index (χ2v) is 6.21. The van der Waals surface area contributed by atoms with Crippen molar-refractivity contribution in [1.29, 1.82) is 0 Å². The Bertz CT molecular complexity index is 706. The van der Waals surface area contributed by atoms with Crippen molar-refractivity contribution in [3.63, 3.8) is 0 Å². The molecule has 0 aliphatic carbocycles. The number of halogens is 2. The zero-order chi connectivity index (χ0) is 14.1. The number of hydrogen-bond donors (Lipinski definition) is 0. The molecule has 0 saturated carbocycles. The van der Waals surface area contributed by atoms with Crippen LogP contribution in [0, 0.1) is 6.92 Å². The highest BCUT2D eigenvalue weighted by Gasteiger charge is 2.16. The molecule has 20 heavy (non-hydrogen) atoms. The average Bonchev–Trinajstić information content (AvgIpc) is 2.81. The van der Waals surface area contributed by atoms with Crippen molar-refractivity contribution >= 4 is 15.9 Å². The maximum absolute atomic E-state index is 4.56. The van der Waals surface area contributed by atoms with E-state index in [4.69, 9.17) is 0 Å². The Morgan fingerprint density at radius 1 is 1.25 bits per heavy atom. The van der Waals surface area contributed by atoms with Crippen LogP contribution in [0.3, 0.4) is 0 Å². The molecule has 0 amide bonds. The van der Waals surface area contributed by atoms with Crippen molar-refractivity contribution in [3.05, 3.63) is 53.0 Å². The number of aryl methyl sites for hydroxylation is 1. The summed E-state index contributed by atoms with van der Waals surface area (Å²) in [5.41, 5.74) is 4.87. The van der Waals surface area contributed by atoms with Gasteiger partial charge in [0.15, 0.2) is 0 Å². The van der Waals surface area contributed by atoms with Crippen LogP contribution in [0.1, 0.15) is 5.69 Å². The van der Waals surface area contributed by atoms with Crippen LogP contribution in [0.5, 0.6) is 0 Å². The molecule has 4 nitrogen and oxygen atoms in total. The lowest BCUT2D eigenvalue weighted by Gasteiger charge is -2.03. The minimum atomic E-state index is 0.808. The molecule has 0 radical (unpaired) electrons. The lowest BCUT2D eigenvalue weighted by molar-refractivity contribution is -0.452. The van der Waals surface area contributed by atoms with E-state index in [0.717, 1.165) is 32.8 Å². The van der Waals surface area contributed by atoms with Gasteiger partial charge in [-0.05, 0) is 52.7 Å². The normalized spacial score (nSPS) is 10.8. The van der Waals surface area contributed by atoms with Crippen molar-refractivity contribution in [2.75, 3.05) is 0 Å². The van der Waals surface area contributed by atoms with E-state index in [1.807, 2.05) is 69.2 Å². The summed E-state index contributed by atoms with van der Waals surface area (Å²) in [5, 5.41) is 4.55. The van der Waals surface area contributed by atoms with Gasteiger partial charge in [-0.25, -0.2) is 4.98 Å². The van der Waals surface area contributed by atoms with E-state index >= 15 is 0 Å². The average molecular weight is 442 g/mol. The molecule has 0 aromatic carbocycles. The van der Waals surface area contributed by atoms with Gasteiger partial charge < -0.3 is 0 Å². The van der Waals surface area contributed by atoms with Gasteiger partial charge in [0.25, 0.3) is 0 Å². The zero-order valence-corrected chi connectivity index (χ0v) is 14.5. The molecule has 3 aromatic rings. The molecule has 0 N–H and O–H groups in total.